The van der Waals surface area contributed by atoms with Crippen molar-refractivity contribution in [2.24, 2.45) is 0 Å². The van der Waals surface area contributed by atoms with E-state index in [1.807, 2.05) is 0 Å². The Morgan fingerprint density at radius 3 is 2.61 bits per heavy atom. The highest BCUT2D eigenvalue weighted by Gasteiger charge is 2.14. The quantitative estimate of drug-likeness (QED) is 0.594. The van der Waals surface area contributed by atoms with Crippen molar-refractivity contribution in [3.05, 3.63) is 40.2 Å². The predicted octanol–water partition coefficient (Wildman–Crippen LogP) is 5.23. The molecule has 0 fully saturated rings. The van der Waals surface area contributed by atoms with Crippen LogP contribution in [0.3, 0.4) is 0 Å². The highest BCUT2D eigenvalue weighted by atomic mass is 19.1. The Labute approximate surface area is 136 Å². The molecule has 0 aliphatic carbocycles. The van der Waals surface area contributed by atoms with Gasteiger partial charge in [0.15, 0.2) is 11.6 Å². The normalized spacial score (nSPS) is 11.1. The number of fused-ring (bicyclic) bond motifs is 1. The van der Waals surface area contributed by atoms with E-state index in [-0.39, 0.29) is 11.1 Å². The molecule has 2 rings (SSSR count). The van der Waals surface area contributed by atoms with Gasteiger partial charge in [-0.2, -0.15) is 0 Å². The second kappa shape index (κ2) is 8.70. The van der Waals surface area contributed by atoms with Crippen molar-refractivity contribution in [2.45, 2.75) is 58.8 Å². The number of rotatable bonds is 9. The lowest BCUT2D eigenvalue weighted by atomic mass is 10.1. The maximum Gasteiger partial charge on any atom is 0.346 e. The van der Waals surface area contributed by atoms with Crippen LogP contribution in [-0.2, 0) is 6.42 Å². The van der Waals surface area contributed by atoms with Crippen LogP contribution >= 0.6 is 0 Å². The van der Waals surface area contributed by atoms with Crippen molar-refractivity contribution in [3.8, 4) is 5.75 Å². The van der Waals surface area contributed by atoms with Crippen molar-refractivity contribution in [1.29, 1.82) is 0 Å². The molecule has 0 spiro atoms. The van der Waals surface area contributed by atoms with Gasteiger partial charge in [0.25, 0.3) is 0 Å². The molecule has 1 aromatic carbocycles. The predicted molar refractivity (Wildman–Crippen MR) is 90.7 cm³/mol. The first-order valence-corrected chi connectivity index (χ1v) is 8.55. The van der Waals surface area contributed by atoms with Gasteiger partial charge in [0.1, 0.15) is 11.1 Å². The zero-order valence-corrected chi connectivity index (χ0v) is 14.0. The lowest BCUT2D eigenvalue weighted by molar-refractivity contribution is 0.291. The second-order valence-corrected chi connectivity index (χ2v) is 5.85. The van der Waals surface area contributed by atoms with Gasteiger partial charge < -0.3 is 9.15 Å². The molecule has 0 aliphatic heterocycles. The number of aryl methyl sites for hydroxylation is 1. The lowest BCUT2D eigenvalue weighted by Gasteiger charge is -2.09. The Morgan fingerprint density at radius 1 is 1.09 bits per heavy atom. The molecule has 0 aliphatic rings. The first-order valence-electron chi connectivity index (χ1n) is 8.55. The number of ether oxygens (including phenoxy) is 1. The third kappa shape index (κ3) is 4.57. The van der Waals surface area contributed by atoms with E-state index in [9.17, 15) is 9.18 Å². The van der Waals surface area contributed by atoms with Gasteiger partial charge in [0.05, 0.1) is 6.61 Å². The van der Waals surface area contributed by atoms with Crippen LogP contribution in [0.2, 0.25) is 0 Å². The molecule has 2 aromatic rings. The monoisotopic (exact) mass is 320 g/mol. The summed E-state index contributed by atoms with van der Waals surface area (Å²) in [7, 11) is 0. The highest BCUT2D eigenvalue weighted by molar-refractivity contribution is 5.83. The number of halogens is 1. The van der Waals surface area contributed by atoms with Gasteiger partial charge in [-0.25, -0.2) is 9.18 Å². The van der Waals surface area contributed by atoms with Gasteiger partial charge in [-0.15, -0.1) is 0 Å². The molecule has 1 aromatic heterocycles. The molecule has 0 amide bonds. The molecule has 0 saturated heterocycles. The van der Waals surface area contributed by atoms with Crippen LogP contribution in [0.1, 0.15) is 58.1 Å². The minimum Gasteiger partial charge on any atom is -0.490 e. The molecule has 0 radical (unpaired) electrons. The van der Waals surface area contributed by atoms with E-state index in [0.29, 0.717) is 24.2 Å². The van der Waals surface area contributed by atoms with Crippen LogP contribution < -0.4 is 10.4 Å². The van der Waals surface area contributed by atoms with Crippen molar-refractivity contribution in [2.75, 3.05) is 6.61 Å². The molecule has 23 heavy (non-hydrogen) atoms. The van der Waals surface area contributed by atoms with Crippen LogP contribution in [0.5, 0.6) is 5.75 Å². The van der Waals surface area contributed by atoms with Crippen molar-refractivity contribution < 1.29 is 13.5 Å². The van der Waals surface area contributed by atoms with Gasteiger partial charge in [-0.1, -0.05) is 45.6 Å². The SMILES string of the molecule is CCCCCCOc1ccc2cc(CCCC)oc(=O)c2c1F. The Bertz CT molecular complexity index is 691. The Morgan fingerprint density at radius 2 is 1.87 bits per heavy atom. The number of benzene rings is 1. The Balaban J connectivity index is 2.18. The molecule has 0 N–H and O–H groups in total. The van der Waals surface area contributed by atoms with Crippen LogP contribution in [0.15, 0.2) is 27.4 Å². The second-order valence-electron chi connectivity index (χ2n) is 5.85. The molecule has 1 heterocycles. The smallest absolute Gasteiger partial charge is 0.346 e. The fourth-order valence-electron chi connectivity index (χ4n) is 2.57. The largest absolute Gasteiger partial charge is 0.490 e. The van der Waals surface area contributed by atoms with Gasteiger partial charge >= 0.3 is 5.63 Å². The molecular weight excluding hydrogens is 295 g/mol. The molecule has 4 heteroatoms. The fraction of sp³-hybridized carbons (Fsp3) is 0.526. The Hall–Kier alpha value is -1.84. The molecule has 0 atom stereocenters. The third-order valence-corrected chi connectivity index (χ3v) is 3.92. The van der Waals surface area contributed by atoms with Gasteiger partial charge in [-0.3, -0.25) is 0 Å². The van der Waals surface area contributed by atoms with Crippen molar-refractivity contribution in [1.82, 2.24) is 0 Å². The first-order chi connectivity index (χ1) is 11.2. The summed E-state index contributed by atoms with van der Waals surface area (Å²) in [6.07, 6.45) is 6.89. The summed E-state index contributed by atoms with van der Waals surface area (Å²) in [6, 6.07) is 5.08. The van der Waals surface area contributed by atoms with Crippen LogP contribution in [0.25, 0.3) is 10.8 Å². The summed E-state index contributed by atoms with van der Waals surface area (Å²) in [5.74, 6) is 0.119. The first kappa shape index (κ1) is 17.5. The van der Waals surface area contributed by atoms with E-state index in [0.717, 1.165) is 38.5 Å². The van der Waals surface area contributed by atoms with E-state index in [1.54, 1.807) is 18.2 Å². The summed E-state index contributed by atoms with van der Waals surface area (Å²) in [6.45, 7) is 4.67. The van der Waals surface area contributed by atoms with Gasteiger partial charge in [0.2, 0.25) is 0 Å². The van der Waals surface area contributed by atoms with E-state index in [1.165, 1.54) is 0 Å². The van der Waals surface area contributed by atoms with Crippen molar-refractivity contribution >= 4 is 10.8 Å². The number of hydrogen-bond donors (Lipinski definition) is 0. The van der Waals surface area contributed by atoms with Gasteiger partial charge in [-0.05, 0) is 30.4 Å². The minimum absolute atomic E-state index is 0.0173. The maximum atomic E-state index is 14.5. The van der Waals surface area contributed by atoms with Crippen LogP contribution in [0.4, 0.5) is 4.39 Å². The van der Waals surface area contributed by atoms with E-state index < -0.39 is 11.4 Å². The summed E-state index contributed by atoms with van der Waals surface area (Å²) in [5, 5.41) is 0.555. The lowest BCUT2D eigenvalue weighted by Crippen LogP contribution is -2.07. The third-order valence-electron chi connectivity index (χ3n) is 3.92. The number of hydrogen-bond acceptors (Lipinski definition) is 3. The Kier molecular flexibility index (Phi) is 6.63. The fourth-order valence-corrected chi connectivity index (χ4v) is 2.57. The zero-order valence-electron chi connectivity index (χ0n) is 14.0. The highest BCUT2D eigenvalue weighted by Crippen LogP contribution is 2.25. The summed E-state index contributed by atoms with van der Waals surface area (Å²) >= 11 is 0. The summed E-state index contributed by atoms with van der Waals surface area (Å²) in [5.41, 5.74) is -0.623. The molecule has 3 nitrogen and oxygen atoms in total. The molecule has 126 valence electrons. The maximum absolute atomic E-state index is 14.5. The average molecular weight is 320 g/mol. The summed E-state index contributed by atoms with van der Waals surface area (Å²) in [4.78, 5) is 12.1. The standard InChI is InChI=1S/C19H25FO3/c1-3-5-7-8-12-22-16-11-10-14-13-15(9-6-4-2)23-19(21)17(14)18(16)20/h10-11,13H,3-9,12H2,1-2H3. The van der Waals surface area contributed by atoms with E-state index >= 15 is 0 Å². The van der Waals surface area contributed by atoms with E-state index in [2.05, 4.69) is 13.8 Å². The molecule has 0 saturated carbocycles. The average Bonchev–Trinajstić information content (AvgIpc) is 2.54. The molecule has 0 unspecified atom stereocenters. The molecule has 0 bridgehead atoms. The van der Waals surface area contributed by atoms with Gasteiger partial charge in [0, 0.05) is 6.42 Å². The number of unbranched alkanes of at least 4 members (excludes halogenated alkanes) is 4. The topological polar surface area (TPSA) is 39.4 Å². The van der Waals surface area contributed by atoms with E-state index in [4.69, 9.17) is 9.15 Å². The van der Waals surface area contributed by atoms with Crippen LogP contribution in [-0.4, -0.2) is 6.61 Å². The minimum atomic E-state index is -0.623. The van der Waals surface area contributed by atoms with Crippen LogP contribution in [0, 0.1) is 5.82 Å². The summed E-state index contributed by atoms with van der Waals surface area (Å²) < 4.78 is 25.2. The zero-order chi connectivity index (χ0) is 16.7. The molecular formula is C19H25FO3. The van der Waals surface area contributed by atoms with Crippen molar-refractivity contribution in [3.63, 3.8) is 0 Å².